The van der Waals surface area contributed by atoms with E-state index in [1.807, 2.05) is 48.5 Å². The molecular weight excluding hydrogens is 436 g/mol. The van der Waals surface area contributed by atoms with E-state index in [0.29, 0.717) is 22.6 Å². The molecule has 4 rings (SSSR count). The normalized spacial score (nSPS) is 15.9. The standard InChI is InChI=1S/C22H19BrN2O4/c1-27-15-8-9-16(20(12-15)28-2)17-13-18(14-6-4-3-5-7-14)25(24-17)22(26)19-10-11-21(23)29-19/h3-12,18H,13H2,1-2H3/t18-/m0/s1. The van der Waals surface area contributed by atoms with Crippen LogP contribution in [-0.2, 0) is 0 Å². The number of benzene rings is 2. The summed E-state index contributed by atoms with van der Waals surface area (Å²) < 4.78 is 16.8. The van der Waals surface area contributed by atoms with Crippen molar-refractivity contribution < 1.29 is 18.7 Å². The van der Waals surface area contributed by atoms with E-state index in [1.165, 1.54) is 5.01 Å². The van der Waals surface area contributed by atoms with Crippen molar-refractivity contribution in [1.82, 2.24) is 5.01 Å². The predicted octanol–water partition coefficient (Wildman–Crippen LogP) is 5.05. The third-order valence-electron chi connectivity index (χ3n) is 4.81. The van der Waals surface area contributed by atoms with E-state index in [0.717, 1.165) is 16.8 Å². The van der Waals surface area contributed by atoms with Gasteiger partial charge in [-0.25, -0.2) is 5.01 Å². The fraction of sp³-hybridized carbons (Fsp3) is 0.182. The maximum Gasteiger partial charge on any atom is 0.310 e. The van der Waals surface area contributed by atoms with Gasteiger partial charge in [0.2, 0.25) is 0 Å². The highest BCUT2D eigenvalue weighted by molar-refractivity contribution is 9.10. The highest BCUT2D eigenvalue weighted by Gasteiger charge is 2.35. The number of ether oxygens (including phenoxy) is 2. The summed E-state index contributed by atoms with van der Waals surface area (Å²) in [5.41, 5.74) is 2.58. The summed E-state index contributed by atoms with van der Waals surface area (Å²) in [5.74, 6) is 1.26. The summed E-state index contributed by atoms with van der Waals surface area (Å²) in [6, 6.07) is 18.5. The predicted molar refractivity (Wildman–Crippen MR) is 112 cm³/mol. The van der Waals surface area contributed by atoms with Crippen molar-refractivity contribution in [3.05, 3.63) is 82.2 Å². The van der Waals surface area contributed by atoms with E-state index in [1.54, 1.807) is 26.4 Å². The van der Waals surface area contributed by atoms with Crippen LogP contribution in [0.25, 0.3) is 0 Å². The van der Waals surface area contributed by atoms with E-state index < -0.39 is 0 Å². The average Bonchev–Trinajstić information content (AvgIpc) is 3.40. The largest absolute Gasteiger partial charge is 0.497 e. The molecule has 0 N–H and O–H groups in total. The Morgan fingerprint density at radius 1 is 1.10 bits per heavy atom. The van der Waals surface area contributed by atoms with E-state index in [2.05, 4.69) is 21.0 Å². The maximum absolute atomic E-state index is 13.1. The average molecular weight is 455 g/mol. The lowest BCUT2D eigenvalue weighted by Gasteiger charge is -2.21. The molecule has 148 valence electrons. The third-order valence-corrected chi connectivity index (χ3v) is 5.23. The number of hydrazone groups is 1. The first kappa shape index (κ1) is 19.3. The summed E-state index contributed by atoms with van der Waals surface area (Å²) in [5, 5.41) is 6.16. The molecule has 0 saturated carbocycles. The summed E-state index contributed by atoms with van der Waals surface area (Å²) in [6.07, 6.45) is 0.556. The first-order chi connectivity index (χ1) is 14.1. The first-order valence-electron chi connectivity index (χ1n) is 9.04. The Morgan fingerprint density at radius 2 is 1.90 bits per heavy atom. The topological polar surface area (TPSA) is 64.3 Å². The number of carbonyl (C=O) groups excluding carboxylic acids is 1. The zero-order chi connectivity index (χ0) is 20.4. The molecule has 7 heteroatoms. The van der Waals surface area contributed by atoms with Gasteiger partial charge in [0.1, 0.15) is 11.5 Å². The van der Waals surface area contributed by atoms with Crippen molar-refractivity contribution >= 4 is 27.5 Å². The Balaban J connectivity index is 1.75. The minimum absolute atomic E-state index is 0.226. The van der Waals surface area contributed by atoms with Crippen LogP contribution in [0.4, 0.5) is 0 Å². The second-order valence-corrected chi connectivity index (χ2v) is 7.28. The zero-order valence-electron chi connectivity index (χ0n) is 16.0. The summed E-state index contributed by atoms with van der Waals surface area (Å²) in [7, 11) is 3.21. The maximum atomic E-state index is 13.1. The Kier molecular flexibility index (Phi) is 5.40. The van der Waals surface area contributed by atoms with Gasteiger partial charge in [0.25, 0.3) is 0 Å². The number of methoxy groups -OCH3 is 2. The van der Waals surface area contributed by atoms with Crippen LogP contribution in [0.3, 0.4) is 0 Å². The molecule has 6 nitrogen and oxygen atoms in total. The minimum Gasteiger partial charge on any atom is -0.497 e. The van der Waals surface area contributed by atoms with E-state index in [9.17, 15) is 4.79 Å². The number of amides is 1. The Labute approximate surface area is 176 Å². The monoisotopic (exact) mass is 454 g/mol. The van der Waals surface area contributed by atoms with Crippen LogP contribution < -0.4 is 9.47 Å². The van der Waals surface area contributed by atoms with Gasteiger partial charge in [-0.2, -0.15) is 5.10 Å². The number of rotatable bonds is 5. The van der Waals surface area contributed by atoms with Gasteiger partial charge < -0.3 is 13.9 Å². The third kappa shape index (κ3) is 3.78. The van der Waals surface area contributed by atoms with Crippen LogP contribution in [0.15, 0.2) is 74.9 Å². The molecule has 0 bridgehead atoms. The van der Waals surface area contributed by atoms with Gasteiger partial charge in [0.15, 0.2) is 10.4 Å². The second kappa shape index (κ2) is 8.13. The van der Waals surface area contributed by atoms with Crippen molar-refractivity contribution in [2.45, 2.75) is 12.5 Å². The van der Waals surface area contributed by atoms with Crippen molar-refractivity contribution in [3.63, 3.8) is 0 Å². The molecule has 1 amide bonds. The minimum atomic E-state index is -0.299. The number of carbonyl (C=O) groups is 1. The van der Waals surface area contributed by atoms with E-state index >= 15 is 0 Å². The van der Waals surface area contributed by atoms with Gasteiger partial charge in [0, 0.05) is 18.1 Å². The lowest BCUT2D eigenvalue weighted by Crippen LogP contribution is -2.26. The zero-order valence-corrected chi connectivity index (χ0v) is 17.5. The van der Waals surface area contributed by atoms with Crippen molar-refractivity contribution in [3.8, 4) is 11.5 Å². The molecular formula is C22H19BrN2O4. The molecule has 3 aromatic rings. The van der Waals surface area contributed by atoms with Crippen LogP contribution in [0, 0.1) is 0 Å². The molecule has 2 heterocycles. The van der Waals surface area contributed by atoms with Gasteiger partial charge in [0.05, 0.1) is 26.0 Å². The molecule has 1 aromatic heterocycles. The molecule has 0 spiro atoms. The number of furan rings is 1. The molecule has 1 aliphatic heterocycles. The van der Waals surface area contributed by atoms with Gasteiger partial charge in [-0.15, -0.1) is 0 Å². The van der Waals surface area contributed by atoms with Crippen molar-refractivity contribution in [1.29, 1.82) is 0 Å². The molecule has 0 fully saturated rings. The number of hydrogen-bond acceptors (Lipinski definition) is 5. The first-order valence-corrected chi connectivity index (χ1v) is 9.83. The number of hydrogen-bond donors (Lipinski definition) is 0. The van der Waals surface area contributed by atoms with Gasteiger partial charge in [-0.05, 0) is 45.8 Å². The van der Waals surface area contributed by atoms with Crippen molar-refractivity contribution in [2.24, 2.45) is 5.10 Å². The second-order valence-electron chi connectivity index (χ2n) is 6.50. The Hall–Kier alpha value is -3.06. The van der Waals surface area contributed by atoms with Crippen LogP contribution in [0.5, 0.6) is 11.5 Å². The van der Waals surface area contributed by atoms with Crippen LogP contribution >= 0.6 is 15.9 Å². The number of halogens is 1. The molecule has 0 saturated heterocycles. The highest BCUT2D eigenvalue weighted by Crippen LogP contribution is 2.37. The van der Waals surface area contributed by atoms with E-state index in [-0.39, 0.29) is 17.7 Å². The quantitative estimate of drug-likeness (QED) is 0.540. The number of nitrogens with zero attached hydrogens (tertiary/aromatic N) is 2. The van der Waals surface area contributed by atoms with Crippen LogP contribution in [0.1, 0.15) is 34.1 Å². The summed E-state index contributed by atoms with van der Waals surface area (Å²) >= 11 is 3.25. The van der Waals surface area contributed by atoms with Crippen LogP contribution in [-0.4, -0.2) is 30.8 Å². The smallest absolute Gasteiger partial charge is 0.310 e. The molecule has 0 aliphatic carbocycles. The molecule has 1 atom stereocenters. The lowest BCUT2D eigenvalue weighted by atomic mass is 9.98. The lowest BCUT2D eigenvalue weighted by molar-refractivity contribution is 0.0677. The highest BCUT2D eigenvalue weighted by atomic mass is 79.9. The van der Waals surface area contributed by atoms with Crippen LogP contribution in [0.2, 0.25) is 0 Å². The molecule has 0 unspecified atom stereocenters. The fourth-order valence-electron chi connectivity index (χ4n) is 3.37. The summed E-state index contributed by atoms with van der Waals surface area (Å²) in [6.45, 7) is 0. The molecule has 29 heavy (non-hydrogen) atoms. The van der Waals surface area contributed by atoms with Gasteiger partial charge >= 0.3 is 5.91 Å². The Morgan fingerprint density at radius 3 is 2.55 bits per heavy atom. The summed E-state index contributed by atoms with van der Waals surface area (Å²) in [4.78, 5) is 13.1. The fourth-order valence-corrected chi connectivity index (χ4v) is 3.68. The Bertz CT molecular complexity index is 1060. The SMILES string of the molecule is COc1ccc(C2=NN(C(=O)c3ccc(Br)o3)[C@H](c3ccccc3)C2)c(OC)c1. The molecule has 1 aliphatic rings. The van der Waals surface area contributed by atoms with Gasteiger partial charge in [-0.1, -0.05) is 30.3 Å². The molecule has 2 aromatic carbocycles. The van der Waals surface area contributed by atoms with Crippen molar-refractivity contribution in [2.75, 3.05) is 14.2 Å². The van der Waals surface area contributed by atoms with E-state index in [4.69, 9.17) is 13.9 Å². The molecule has 0 radical (unpaired) electrons. The van der Waals surface area contributed by atoms with Gasteiger partial charge in [-0.3, -0.25) is 4.79 Å².